The molecule has 0 aromatic heterocycles. The molecule has 1 aromatic rings. The van der Waals surface area contributed by atoms with Crippen LogP contribution in [0.2, 0.25) is 0 Å². The smallest absolute Gasteiger partial charge is 0.429 e. The van der Waals surface area contributed by atoms with Gasteiger partial charge in [-0.3, -0.25) is 14.6 Å². The van der Waals surface area contributed by atoms with Crippen molar-refractivity contribution in [3.8, 4) is 5.75 Å². The van der Waals surface area contributed by atoms with Crippen LogP contribution >= 0.6 is 0 Å². The number of carbonyl (C=O) groups is 2. The second kappa shape index (κ2) is 8.31. The third-order valence-corrected chi connectivity index (χ3v) is 4.12. The topological polar surface area (TPSA) is 73.2 Å². The molecule has 142 valence electrons. The Bertz CT molecular complexity index is 696. The summed E-state index contributed by atoms with van der Waals surface area (Å²) < 4.78 is 39.5. The van der Waals surface area contributed by atoms with E-state index in [1.807, 2.05) is 11.9 Å². The normalized spacial score (nSPS) is 16.6. The maximum absolute atomic E-state index is 13.2. The second-order valence-corrected chi connectivity index (χ2v) is 6.06. The van der Waals surface area contributed by atoms with Gasteiger partial charge in [0.2, 0.25) is 5.91 Å². The number of halogens is 3. The standard InChI is InChI=1S/C17H20F3N3O3/c1-22-6-8-23(9-7-22)16(26)10-15(17(18,19)20)21-11-14(25)12-4-2-3-5-13(12)24/h2-5,24H,6-11H2,1H3. The molecule has 1 amide bonds. The fourth-order valence-electron chi connectivity index (χ4n) is 2.52. The quantitative estimate of drug-likeness (QED) is 0.632. The number of phenols is 1. The van der Waals surface area contributed by atoms with Gasteiger partial charge in [-0.15, -0.1) is 0 Å². The molecule has 26 heavy (non-hydrogen) atoms. The van der Waals surface area contributed by atoms with Crippen LogP contribution in [0.1, 0.15) is 16.8 Å². The minimum Gasteiger partial charge on any atom is -0.507 e. The van der Waals surface area contributed by atoms with Crippen molar-refractivity contribution in [3.63, 3.8) is 0 Å². The van der Waals surface area contributed by atoms with E-state index >= 15 is 0 Å². The molecule has 0 radical (unpaired) electrons. The number of Topliss-reactive ketones (excluding diaryl/α,β-unsaturated/α-hetero) is 1. The summed E-state index contributed by atoms with van der Waals surface area (Å²) >= 11 is 0. The van der Waals surface area contributed by atoms with Gasteiger partial charge in [-0.1, -0.05) is 12.1 Å². The van der Waals surface area contributed by atoms with Crippen LogP contribution in [-0.2, 0) is 4.79 Å². The van der Waals surface area contributed by atoms with Crippen LogP contribution in [0.15, 0.2) is 29.3 Å². The third-order valence-electron chi connectivity index (χ3n) is 4.12. The molecule has 0 bridgehead atoms. The lowest BCUT2D eigenvalue weighted by Crippen LogP contribution is -2.48. The largest absolute Gasteiger partial charge is 0.507 e. The maximum atomic E-state index is 13.2. The van der Waals surface area contributed by atoms with Crippen LogP contribution in [0.5, 0.6) is 5.75 Å². The molecule has 1 aromatic carbocycles. The maximum Gasteiger partial charge on any atom is 0.429 e. The Morgan fingerprint density at radius 2 is 1.77 bits per heavy atom. The van der Waals surface area contributed by atoms with Crippen molar-refractivity contribution in [2.45, 2.75) is 12.6 Å². The molecule has 0 atom stereocenters. The van der Waals surface area contributed by atoms with Gasteiger partial charge in [-0.25, -0.2) is 0 Å². The Kier molecular flexibility index (Phi) is 6.36. The van der Waals surface area contributed by atoms with E-state index in [-0.39, 0.29) is 11.3 Å². The molecule has 0 saturated carbocycles. The summed E-state index contributed by atoms with van der Waals surface area (Å²) in [5.41, 5.74) is -1.40. The van der Waals surface area contributed by atoms with Gasteiger partial charge in [0.05, 0.1) is 12.0 Å². The number of para-hydroxylation sites is 1. The highest BCUT2D eigenvalue weighted by atomic mass is 19.4. The number of hydrogen-bond acceptors (Lipinski definition) is 5. The molecule has 2 rings (SSSR count). The molecule has 1 fully saturated rings. The van der Waals surface area contributed by atoms with Crippen LogP contribution in [0.3, 0.4) is 0 Å². The first-order valence-electron chi connectivity index (χ1n) is 8.06. The monoisotopic (exact) mass is 371 g/mol. The van der Waals surface area contributed by atoms with Crippen molar-refractivity contribution in [3.05, 3.63) is 29.8 Å². The Morgan fingerprint density at radius 1 is 1.15 bits per heavy atom. The average Bonchev–Trinajstić information content (AvgIpc) is 2.58. The number of carbonyl (C=O) groups excluding carboxylic acids is 2. The summed E-state index contributed by atoms with van der Waals surface area (Å²) in [4.78, 5) is 30.8. The number of aliphatic imine (C=N–C) groups is 1. The van der Waals surface area contributed by atoms with E-state index in [2.05, 4.69) is 4.99 Å². The highest BCUT2D eigenvalue weighted by Crippen LogP contribution is 2.22. The molecule has 0 spiro atoms. The number of likely N-dealkylation sites (N-methyl/N-ethyl adjacent to an activating group) is 1. The number of ketones is 1. The van der Waals surface area contributed by atoms with Crippen molar-refractivity contribution < 1.29 is 27.9 Å². The Morgan fingerprint density at radius 3 is 2.35 bits per heavy atom. The number of piperazine rings is 1. The first kappa shape index (κ1) is 19.9. The fraction of sp³-hybridized carbons (Fsp3) is 0.471. The number of hydrogen-bond donors (Lipinski definition) is 1. The van der Waals surface area contributed by atoms with Gasteiger partial charge in [0.1, 0.15) is 18.0 Å². The van der Waals surface area contributed by atoms with Crippen molar-refractivity contribution in [2.24, 2.45) is 4.99 Å². The number of nitrogens with zero attached hydrogens (tertiary/aromatic N) is 3. The summed E-state index contributed by atoms with van der Waals surface area (Å²) in [7, 11) is 1.87. The number of amides is 1. The predicted molar refractivity (Wildman–Crippen MR) is 89.5 cm³/mol. The molecule has 9 heteroatoms. The van der Waals surface area contributed by atoms with Gasteiger partial charge in [-0.2, -0.15) is 13.2 Å². The van der Waals surface area contributed by atoms with Crippen LogP contribution in [0.4, 0.5) is 13.2 Å². The van der Waals surface area contributed by atoms with E-state index < -0.39 is 36.5 Å². The summed E-state index contributed by atoms with van der Waals surface area (Å²) in [6.07, 6.45) is -5.71. The molecule has 1 heterocycles. The zero-order valence-corrected chi connectivity index (χ0v) is 14.3. The van der Waals surface area contributed by atoms with E-state index in [0.29, 0.717) is 26.2 Å². The van der Waals surface area contributed by atoms with Gasteiger partial charge in [0.15, 0.2) is 5.78 Å². The minimum absolute atomic E-state index is 0.108. The zero-order valence-electron chi connectivity index (χ0n) is 14.3. The van der Waals surface area contributed by atoms with Crippen LogP contribution in [0.25, 0.3) is 0 Å². The first-order chi connectivity index (χ1) is 12.2. The molecule has 0 aliphatic carbocycles. The summed E-state index contributed by atoms with van der Waals surface area (Å²) in [6.45, 7) is 1.11. The highest BCUT2D eigenvalue weighted by molar-refractivity contribution is 6.06. The minimum atomic E-state index is -4.80. The van der Waals surface area contributed by atoms with Crippen molar-refractivity contribution >= 4 is 17.4 Å². The fourth-order valence-corrected chi connectivity index (χ4v) is 2.52. The SMILES string of the molecule is CN1CCN(C(=O)CC(=NCC(=O)c2ccccc2O)C(F)(F)F)CC1. The lowest BCUT2D eigenvalue weighted by atomic mass is 10.1. The summed E-state index contributed by atoms with van der Waals surface area (Å²) in [5.74, 6) is -1.74. The Hall–Kier alpha value is -2.42. The molecule has 1 N–H and O–H groups in total. The van der Waals surface area contributed by atoms with E-state index in [0.717, 1.165) is 0 Å². The van der Waals surface area contributed by atoms with E-state index in [4.69, 9.17) is 0 Å². The van der Waals surface area contributed by atoms with Gasteiger partial charge in [0.25, 0.3) is 0 Å². The third kappa shape index (κ3) is 5.29. The van der Waals surface area contributed by atoms with Gasteiger partial charge in [-0.05, 0) is 19.2 Å². The van der Waals surface area contributed by atoms with Crippen molar-refractivity contribution in [1.29, 1.82) is 0 Å². The molecule has 1 aliphatic heterocycles. The molecular formula is C17H20F3N3O3. The number of phenolic OH excluding ortho intramolecular Hbond substituents is 1. The van der Waals surface area contributed by atoms with Crippen LogP contribution in [0, 0.1) is 0 Å². The number of alkyl halides is 3. The number of benzene rings is 1. The number of aromatic hydroxyl groups is 1. The predicted octanol–water partition coefficient (Wildman–Crippen LogP) is 1.74. The zero-order chi connectivity index (χ0) is 19.3. The molecule has 0 unspecified atom stereocenters. The van der Waals surface area contributed by atoms with Gasteiger partial charge in [0, 0.05) is 26.2 Å². The lowest BCUT2D eigenvalue weighted by molar-refractivity contribution is -0.132. The van der Waals surface area contributed by atoms with Gasteiger partial charge < -0.3 is 14.9 Å². The summed E-state index contributed by atoms with van der Waals surface area (Å²) in [6, 6.07) is 5.54. The summed E-state index contributed by atoms with van der Waals surface area (Å²) in [5, 5.41) is 9.59. The van der Waals surface area contributed by atoms with E-state index in [9.17, 15) is 27.9 Å². The first-order valence-corrected chi connectivity index (χ1v) is 8.06. The Labute approximate surface area is 148 Å². The van der Waals surface area contributed by atoms with Crippen LogP contribution < -0.4 is 0 Å². The van der Waals surface area contributed by atoms with Crippen LogP contribution in [-0.4, -0.2) is 78.3 Å². The molecule has 6 nitrogen and oxygen atoms in total. The molecule has 1 saturated heterocycles. The van der Waals surface area contributed by atoms with Crippen molar-refractivity contribution in [2.75, 3.05) is 39.8 Å². The van der Waals surface area contributed by atoms with E-state index in [1.54, 1.807) is 0 Å². The van der Waals surface area contributed by atoms with Crippen molar-refractivity contribution in [1.82, 2.24) is 9.80 Å². The molecular weight excluding hydrogens is 351 g/mol. The average molecular weight is 371 g/mol. The van der Waals surface area contributed by atoms with E-state index in [1.165, 1.54) is 29.2 Å². The second-order valence-electron chi connectivity index (χ2n) is 6.06. The highest BCUT2D eigenvalue weighted by Gasteiger charge is 2.38. The molecule has 1 aliphatic rings. The number of rotatable bonds is 5. The Balaban J connectivity index is 2.07. The lowest BCUT2D eigenvalue weighted by Gasteiger charge is -2.32. The van der Waals surface area contributed by atoms with Gasteiger partial charge >= 0.3 is 6.18 Å².